The Bertz CT molecular complexity index is 936. The zero-order chi connectivity index (χ0) is 20.8. The van der Waals surface area contributed by atoms with E-state index >= 15 is 0 Å². The van der Waals surface area contributed by atoms with Gasteiger partial charge in [-0.25, -0.2) is 4.98 Å². The summed E-state index contributed by atoms with van der Waals surface area (Å²) < 4.78 is 11.5. The minimum atomic E-state index is -0.456. The van der Waals surface area contributed by atoms with E-state index in [0.29, 0.717) is 18.5 Å². The number of rotatable bonds is 9. The van der Waals surface area contributed by atoms with Crippen molar-refractivity contribution in [2.45, 2.75) is 45.6 Å². The molecule has 1 amide bonds. The third kappa shape index (κ3) is 5.02. The Kier molecular flexibility index (Phi) is 7.38. The maximum absolute atomic E-state index is 13.0. The van der Waals surface area contributed by atoms with E-state index in [1.165, 1.54) is 27.8 Å². The van der Waals surface area contributed by atoms with E-state index in [1.807, 2.05) is 0 Å². The molecule has 2 aromatic rings. The quantitative estimate of drug-likeness (QED) is 0.573. The predicted octanol–water partition coefficient (Wildman–Crippen LogP) is 1.76. The molecular formula is C20H27N3O5S. The molecule has 0 atom stereocenters. The minimum Gasteiger partial charge on any atom is -0.465 e. The first-order chi connectivity index (χ1) is 14.0. The number of carbonyl (C=O) groups is 2. The molecule has 8 nitrogen and oxygen atoms in total. The van der Waals surface area contributed by atoms with Crippen molar-refractivity contribution < 1.29 is 19.1 Å². The lowest BCUT2D eigenvalue weighted by Gasteiger charge is -2.21. The first-order valence-electron chi connectivity index (χ1n) is 9.97. The molecule has 158 valence electrons. The van der Waals surface area contributed by atoms with Crippen molar-refractivity contribution in [3.63, 3.8) is 0 Å². The van der Waals surface area contributed by atoms with Crippen LogP contribution in [0.25, 0.3) is 10.2 Å². The molecule has 1 aliphatic carbocycles. The Morgan fingerprint density at radius 2 is 2.10 bits per heavy atom. The van der Waals surface area contributed by atoms with Crippen molar-refractivity contribution in [3.05, 3.63) is 27.1 Å². The SMILES string of the molecule is CCOC(=O)CN(CCOC)C(=O)CCn1cnc2sc3c(c2c1=O)CCCC3. The third-order valence-electron chi connectivity index (χ3n) is 5.05. The number of hydrogen-bond acceptors (Lipinski definition) is 7. The molecule has 0 saturated heterocycles. The van der Waals surface area contributed by atoms with Gasteiger partial charge in [-0.2, -0.15) is 0 Å². The molecule has 0 saturated carbocycles. The number of aryl methyl sites for hydroxylation is 3. The van der Waals surface area contributed by atoms with E-state index in [-0.39, 0.29) is 37.6 Å². The molecule has 0 fully saturated rings. The second-order valence-corrected chi connectivity index (χ2v) is 8.08. The molecule has 9 heteroatoms. The van der Waals surface area contributed by atoms with Gasteiger partial charge in [-0.3, -0.25) is 19.0 Å². The van der Waals surface area contributed by atoms with Crippen LogP contribution in [-0.2, 0) is 38.4 Å². The lowest BCUT2D eigenvalue weighted by molar-refractivity contribution is -0.149. The van der Waals surface area contributed by atoms with Crippen LogP contribution in [0.5, 0.6) is 0 Å². The van der Waals surface area contributed by atoms with E-state index < -0.39 is 5.97 Å². The normalized spacial score (nSPS) is 13.3. The number of ether oxygens (including phenoxy) is 2. The molecule has 0 spiro atoms. The fourth-order valence-corrected chi connectivity index (χ4v) is 4.79. The minimum absolute atomic E-state index is 0.0870. The van der Waals surface area contributed by atoms with Crippen LogP contribution >= 0.6 is 11.3 Å². The van der Waals surface area contributed by atoms with Crippen LogP contribution in [-0.4, -0.2) is 59.7 Å². The highest BCUT2D eigenvalue weighted by molar-refractivity contribution is 7.18. The summed E-state index contributed by atoms with van der Waals surface area (Å²) >= 11 is 1.61. The second kappa shape index (κ2) is 9.98. The van der Waals surface area contributed by atoms with Crippen LogP contribution in [0.4, 0.5) is 0 Å². The van der Waals surface area contributed by atoms with Gasteiger partial charge in [0.25, 0.3) is 5.56 Å². The molecule has 29 heavy (non-hydrogen) atoms. The number of aromatic nitrogens is 2. The lowest BCUT2D eigenvalue weighted by atomic mass is 9.97. The third-order valence-corrected chi connectivity index (χ3v) is 6.25. The second-order valence-electron chi connectivity index (χ2n) is 7.00. The zero-order valence-corrected chi connectivity index (χ0v) is 17.8. The van der Waals surface area contributed by atoms with Gasteiger partial charge in [-0.05, 0) is 38.2 Å². The number of thiophene rings is 1. The average molecular weight is 422 g/mol. The molecule has 0 aliphatic heterocycles. The highest BCUT2D eigenvalue weighted by Gasteiger charge is 2.21. The van der Waals surface area contributed by atoms with Gasteiger partial charge in [0.15, 0.2) is 0 Å². The van der Waals surface area contributed by atoms with Crippen molar-refractivity contribution in [2.24, 2.45) is 0 Å². The molecule has 1 aliphatic rings. The van der Waals surface area contributed by atoms with Crippen molar-refractivity contribution in [1.29, 1.82) is 0 Å². The summed E-state index contributed by atoms with van der Waals surface area (Å²) in [4.78, 5) is 45.3. The van der Waals surface area contributed by atoms with Crippen LogP contribution in [0.15, 0.2) is 11.1 Å². The highest BCUT2D eigenvalue weighted by Crippen LogP contribution is 2.33. The molecule has 3 rings (SSSR count). The van der Waals surface area contributed by atoms with Crippen LogP contribution < -0.4 is 5.56 Å². The first-order valence-corrected chi connectivity index (χ1v) is 10.8. The summed E-state index contributed by atoms with van der Waals surface area (Å²) in [5.41, 5.74) is 1.05. The van der Waals surface area contributed by atoms with Crippen molar-refractivity contribution in [2.75, 3.05) is 33.4 Å². The number of carbonyl (C=O) groups excluding carboxylic acids is 2. The molecule has 2 heterocycles. The summed E-state index contributed by atoms with van der Waals surface area (Å²) in [6.45, 7) is 2.69. The van der Waals surface area contributed by atoms with Crippen LogP contribution in [0.3, 0.4) is 0 Å². The fourth-order valence-electron chi connectivity index (χ4n) is 3.57. The number of methoxy groups -OCH3 is 1. The van der Waals surface area contributed by atoms with Gasteiger partial charge in [0, 0.05) is 31.5 Å². The number of hydrogen-bond donors (Lipinski definition) is 0. The molecule has 0 bridgehead atoms. The smallest absolute Gasteiger partial charge is 0.325 e. The molecule has 2 aromatic heterocycles. The van der Waals surface area contributed by atoms with Gasteiger partial charge in [0.2, 0.25) is 5.91 Å². The lowest BCUT2D eigenvalue weighted by Crippen LogP contribution is -2.39. The Labute approximate surface area is 173 Å². The predicted molar refractivity (Wildman–Crippen MR) is 110 cm³/mol. The van der Waals surface area contributed by atoms with Crippen LogP contribution in [0.1, 0.15) is 36.6 Å². The molecule has 0 N–H and O–H groups in total. The molecular weight excluding hydrogens is 394 g/mol. The van der Waals surface area contributed by atoms with E-state index in [4.69, 9.17) is 9.47 Å². The van der Waals surface area contributed by atoms with Crippen LogP contribution in [0, 0.1) is 0 Å². The van der Waals surface area contributed by atoms with Gasteiger partial charge >= 0.3 is 5.97 Å². The van der Waals surface area contributed by atoms with E-state index in [2.05, 4.69) is 4.98 Å². The molecule has 0 aromatic carbocycles. The number of esters is 1. The van der Waals surface area contributed by atoms with Gasteiger partial charge in [0.1, 0.15) is 11.4 Å². The maximum Gasteiger partial charge on any atom is 0.325 e. The van der Waals surface area contributed by atoms with E-state index in [0.717, 1.165) is 36.1 Å². The monoisotopic (exact) mass is 421 g/mol. The van der Waals surface area contributed by atoms with Crippen molar-refractivity contribution in [3.8, 4) is 0 Å². The Morgan fingerprint density at radius 3 is 2.86 bits per heavy atom. The Morgan fingerprint density at radius 1 is 1.31 bits per heavy atom. The Balaban J connectivity index is 1.72. The summed E-state index contributed by atoms with van der Waals surface area (Å²) in [5, 5.41) is 0.711. The summed E-state index contributed by atoms with van der Waals surface area (Å²) in [6.07, 6.45) is 5.79. The van der Waals surface area contributed by atoms with Crippen molar-refractivity contribution in [1.82, 2.24) is 14.5 Å². The highest BCUT2D eigenvalue weighted by atomic mass is 32.1. The molecule has 0 radical (unpaired) electrons. The van der Waals surface area contributed by atoms with Gasteiger partial charge < -0.3 is 14.4 Å². The Hall–Kier alpha value is -2.26. The maximum atomic E-state index is 13.0. The van der Waals surface area contributed by atoms with Gasteiger partial charge in [-0.15, -0.1) is 11.3 Å². The number of fused-ring (bicyclic) bond motifs is 3. The van der Waals surface area contributed by atoms with Crippen molar-refractivity contribution >= 4 is 33.4 Å². The fraction of sp³-hybridized carbons (Fsp3) is 0.600. The average Bonchev–Trinajstić information content (AvgIpc) is 3.10. The van der Waals surface area contributed by atoms with Gasteiger partial charge in [-0.1, -0.05) is 0 Å². The standard InChI is InChI=1S/C20H27N3O5S/c1-3-28-17(25)12-22(10-11-27-2)16(24)8-9-23-13-21-19-18(20(23)26)14-6-4-5-7-15(14)29-19/h13H,3-12H2,1-2H3. The summed E-state index contributed by atoms with van der Waals surface area (Å²) in [7, 11) is 1.54. The molecule has 0 unspecified atom stereocenters. The number of nitrogens with zero attached hydrogens (tertiary/aromatic N) is 3. The zero-order valence-electron chi connectivity index (χ0n) is 16.9. The largest absolute Gasteiger partial charge is 0.465 e. The first kappa shape index (κ1) is 21.4. The van der Waals surface area contributed by atoms with E-state index in [9.17, 15) is 14.4 Å². The summed E-state index contributed by atoms with van der Waals surface area (Å²) in [6, 6.07) is 0. The van der Waals surface area contributed by atoms with Gasteiger partial charge in [0.05, 0.1) is 24.9 Å². The van der Waals surface area contributed by atoms with Crippen LogP contribution in [0.2, 0.25) is 0 Å². The number of amides is 1. The topological polar surface area (TPSA) is 90.7 Å². The van der Waals surface area contributed by atoms with E-state index in [1.54, 1.807) is 18.3 Å². The summed E-state index contributed by atoms with van der Waals surface area (Å²) in [5.74, 6) is -0.684.